The number of fused-ring (bicyclic) bond motifs is 2. The fourth-order valence-electron chi connectivity index (χ4n) is 4.00. The molecule has 1 N–H and O–H groups in total. The Bertz CT molecular complexity index is 1500. The van der Waals surface area contributed by atoms with Gasteiger partial charge < -0.3 is 19.0 Å². The predicted molar refractivity (Wildman–Crippen MR) is 125 cm³/mol. The Morgan fingerprint density at radius 2 is 1.91 bits per heavy atom. The highest BCUT2D eigenvalue weighted by Gasteiger charge is 2.22. The third-order valence-electron chi connectivity index (χ3n) is 5.61. The molecule has 5 aromatic rings. The van der Waals surface area contributed by atoms with Crippen molar-refractivity contribution in [1.29, 1.82) is 0 Å². The van der Waals surface area contributed by atoms with Crippen LogP contribution in [-0.4, -0.2) is 28.6 Å². The first-order chi connectivity index (χ1) is 16.5. The molecule has 0 aliphatic carbocycles. The zero-order chi connectivity index (χ0) is 23.7. The van der Waals surface area contributed by atoms with Gasteiger partial charge in [0.15, 0.2) is 12.4 Å². The Hall–Kier alpha value is -4.46. The van der Waals surface area contributed by atoms with Crippen molar-refractivity contribution in [1.82, 2.24) is 15.5 Å². The van der Waals surface area contributed by atoms with Gasteiger partial charge in [-0.15, -0.1) is 0 Å². The molecule has 34 heavy (non-hydrogen) atoms. The molecule has 3 heterocycles. The van der Waals surface area contributed by atoms with E-state index in [4.69, 9.17) is 13.7 Å². The topological polar surface area (TPSA) is 107 Å². The smallest absolute Gasteiger partial charge is 0.339 e. The summed E-state index contributed by atoms with van der Waals surface area (Å²) in [6.45, 7) is 3.16. The first-order valence-electron chi connectivity index (χ1n) is 10.8. The maximum absolute atomic E-state index is 12.9. The number of hydrogen-bond acceptors (Lipinski definition) is 7. The number of pyridine rings is 1. The average Bonchev–Trinajstić information content (AvgIpc) is 3.52. The summed E-state index contributed by atoms with van der Waals surface area (Å²) in [6, 6.07) is 18.6. The number of carbonyl (C=O) groups excluding carboxylic acids is 2. The van der Waals surface area contributed by atoms with E-state index in [2.05, 4.69) is 15.5 Å². The second kappa shape index (κ2) is 8.82. The molecule has 0 fully saturated rings. The molecular weight excluding hydrogens is 434 g/mol. The van der Waals surface area contributed by atoms with Crippen molar-refractivity contribution in [3.63, 3.8) is 0 Å². The second-order valence-corrected chi connectivity index (χ2v) is 7.91. The van der Waals surface area contributed by atoms with Gasteiger partial charge in [0, 0.05) is 0 Å². The number of aryl methyl sites for hydroxylation is 1. The summed E-state index contributed by atoms with van der Waals surface area (Å²) in [5.74, 6) is -0.626. The Morgan fingerprint density at radius 3 is 2.74 bits per heavy atom. The Kier molecular flexibility index (Phi) is 5.55. The molecule has 0 aliphatic rings. The van der Waals surface area contributed by atoms with Gasteiger partial charge in [0.1, 0.15) is 5.69 Å². The number of amides is 1. The predicted octanol–water partition coefficient (Wildman–Crippen LogP) is 4.98. The molecule has 0 spiro atoms. The Morgan fingerprint density at radius 1 is 1.09 bits per heavy atom. The molecule has 8 heteroatoms. The normalized spacial score (nSPS) is 12.1. The lowest BCUT2D eigenvalue weighted by atomic mass is 10.00. The minimum atomic E-state index is -0.681. The summed E-state index contributed by atoms with van der Waals surface area (Å²) in [5.41, 5.74) is 2.26. The summed E-state index contributed by atoms with van der Waals surface area (Å²) in [7, 11) is 0. The van der Waals surface area contributed by atoms with Crippen LogP contribution < -0.4 is 5.32 Å². The molecule has 0 saturated heterocycles. The van der Waals surface area contributed by atoms with Crippen molar-refractivity contribution >= 4 is 33.7 Å². The largest absolute Gasteiger partial charge is 0.463 e. The van der Waals surface area contributed by atoms with Crippen molar-refractivity contribution < 1.29 is 23.3 Å². The van der Waals surface area contributed by atoms with E-state index in [1.165, 1.54) is 6.26 Å². The van der Waals surface area contributed by atoms with Crippen LogP contribution in [0.1, 0.15) is 34.6 Å². The first kappa shape index (κ1) is 21.4. The number of esters is 1. The van der Waals surface area contributed by atoms with E-state index in [1.807, 2.05) is 49.4 Å². The van der Waals surface area contributed by atoms with E-state index < -0.39 is 18.5 Å². The van der Waals surface area contributed by atoms with Crippen LogP contribution in [0.15, 0.2) is 75.9 Å². The van der Waals surface area contributed by atoms with E-state index >= 15 is 0 Å². The van der Waals surface area contributed by atoms with Gasteiger partial charge in [-0.3, -0.25) is 4.79 Å². The minimum Gasteiger partial charge on any atom is -0.463 e. The summed E-state index contributed by atoms with van der Waals surface area (Å²) >= 11 is 0. The van der Waals surface area contributed by atoms with Crippen LogP contribution in [0.5, 0.6) is 0 Å². The van der Waals surface area contributed by atoms with Gasteiger partial charge in [-0.1, -0.05) is 47.6 Å². The van der Waals surface area contributed by atoms with Gasteiger partial charge in [0.2, 0.25) is 0 Å². The molecule has 8 nitrogen and oxygen atoms in total. The lowest BCUT2D eigenvalue weighted by Gasteiger charge is -2.16. The number of furan rings is 1. The molecule has 0 saturated carbocycles. The summed E-state index contributed by atoms with van der Waals surface area (Å²) in [6.07, 6.45) is 1.51. The maximum Gasteiger partial charge on any atom is 0.339 e. The molecule has 0 aliphatic heterocycles. The third kappa shape index (κ3) is 4.01. The number of rotatable bonds is 6. The fraction of sp³-hybridized carbons (Fsp3) is 0.154. The number of ether oxygens (including phenoxy) is 1. The lowest BCUT2D eigenvalue weighted by molar-refractivity contribution is -0.124. The van der Waals surface area contributed by atoms with Crippen molar-refractivity contribution in [2.24, 2.45) is 0 Å². The Labute approximate surface area is 194 Å². The van der Waals surface area contributed by atoms with Gasteiger partial charge >= 0.3 is 5.97 Å². The van der Waals surface area contributed by atoms with E-state index in [0.29, 0.717) is 22.5 Å². The minimum absolute atomic E-state index is 0.187. The average molecular weight is 455 g/mol. The van der Waals surface area contributed by atoms with Crippen LogP contribution in [0.2, 0.25) is 0 Å². The quantitative estimate of drug-likeness (QED) is 0.360. The SMILES string of the molecule is Cc1noc2nc(-c3ccco3)cc(C(=O)OCC(=O)NC(C)c3cccc4ccccc34)c12. The van der Waals surface area contributed by atoms with E-state index in [1.54, 1.807) is 25.1 Å². The van der Waals surface area contributed by atoms with Gasteiger partial charge in [-0.05, 0) is 48.4 Å². The first-order valence-corrected chi connectivity index (χ1v) is 10.8. The van der Waals surface area contributed by atoms with Crippen LogP contribution >= 0.6 is 0 Å². The maximum atomic E-state index is 12.9. The van der Waals surface area contributed by atoms with Crippen molar-refractivity contribution in [2.45, 2.75) is 19.9 Å². The van der Waals surface area contributed by atoms with E-state index in [9.17, 15) is 9.59 Å². The molecule has 1 unspecified atom stereocenters. The highest BCUT2D eigenvalue weighted by atomic mass is 16.5. The standard InChI is InChI=1S/C26H21N3O5/c1-15(18-10-5-8-17-7-3-4-9-19(17)18)27-23(30)14-33-26(31)20-13-21(22-11-6-12-32-22)28-25-24(20)16(2)29-34-25/h3-13,15H,14H2,1-2H3,(H,27,30). The zero-order valence-electron chi connectivity index (χ0n) is 18.6. The Balaban J connectivity index is 1.32. The molecule has 0 bridgehead atoms. The van der Waals surface area contributed by atoms with Crippen LogP contribution in [0, 0.1) is 6.92 Å². The molecule has 5 rings (SSSR count). The van der Waals surface area contributed by atoms with E-state index in [0.717, 1.165) is 16.3 Å². The van der Waals surface area contributed by atoms with Crippen LogP contribution in [0.4, 0.5) is 0 Å². The molecule has 3 aromatic heterocycles. The number of carbonyl (C=O) groups is 2. The van der Waals surface area contributed by atoms with Crippen molar-refractivity contribution in [3.8, 4) is 11.5 Å². The number of hydrogen-bond donors (Lipinski definition) is 1. The summed E-state index contributed by atoms with van der Waals surface area (Å²) < 4.78 is 16.0. The third-order valence-corrected chi connectivity index (χ3v) is 5.61. The second-order valence-electron chi connectivity index (χ2n) is 7.91. The van der Waals surface area contributed by atoms with Gasteiger partial charge in [0.05, 0.1) is 28.9 Å². The van der Waals surface area contributed by atoms with Crippen molar-refractivity contribution in [3.05, 3.63) is 83.7 Å². The fourth-order valence-corrected chi connectivity index (χ4v) is 4.00. The molecule has 2 aromatic carbocycles. The summed E-state index contributed by atoms with van der Waals surface area (Å²) in [4.78, 5) is 29.9. The van der Waals surface area contributed by atoms with Crippen LogP contribution in [0.25, 0.3) is 33.3 Å². The van der Waals surface area contributed by atoms with Gasteiger partial charge in [0.25, 0.3) is 11.6 Å². The van der Waals surface area contributed by atoms with Gasteiger partial charge in [-0.2, -0.15) is 0 Å². The molecular formula is C26H21N3O5. The summed E-state index contributed by atoms with van der Waals surface area (Å²) in [5, 5.41) is 9.38. The number of aromatic nitrogens is 2. The van der Waals surface area contributed by atoms with Crippen molar-refractivity contribution in [2.75, 3.05) is 6.61 Å². The highest BCUT2D eigenvalue weighted by Crippen LogP contribution is 2.28. The molecule has 1 atom stereocenters. The molecule has 1 amide bonds. The number of benzene rings is 2. The number of nitrogens with zero attached hydrogens (tertiary/aromatic N) is 2. The highest BCUT2D eigenvalue weighted by molar-refractivity contribution is 6.04. The molecule has 170 valence electrons. The van der Waals surface area contributed by atoms with Gasteiger partial charge in [-0.25, -0.2) is 9.78 Å². The van der Waals surface area contributed by atoms with E-state index in [-0.39, 0.29) is 17.3 Å². The van der Waals surface area contributed by atoms with Crippen LogP contribution in [-0.2, 0) is 9.53 Å². The monoisotopic (exact) mass is 455 g/mol. The lowest BCUT2D eigenvalue weighted by Crippen LogP contribution is -2.31. The number of nitrogens with one attached hydrogen (secondary N) is 1. The zero-order valence-corrected chi connectivity index (χ0v) is 18.6. The molecule has 0 radical (unpaired) electrons. The van der Waals surface area contributed by atoms with Crippen LogP contribution in [0.3, 0.4) is 0 Å².